The van der Waals surface area contributed by atoms with Crippen molar-refractivity contribution in [3.8, 4) is 0 Å². The molecule has 5 heteroatoms. The summed E-state index contributed by atoms with van der Waals surface area (Å²) in [7, 11) is 0. The van der Waals surface area contributed by atoms with Crippen molar-refractivity contribution < 1.29 is 19.4 Å². The third kappa shape index (κ3) is 7.93. The van der Waals surface area contributed by atoms with E-state index in [0.717, 1.165) is 0 Å². The van der Waals surface area contributed by atoms with E-state index in [-0.39, 0.29) is 12.3 Å². The zero-order valence-corrected chi connectivity index (χ0v) is 9.66. The molecule has 1 atom stereocenters. The second kappa shape index (κ2) is 5.70. The van der Waals surface area contributed by atoms with Crippen molar-refractivity contribution in [1.29, 1.82) is 0 Å². The number of carbonyl (C=O) groups is 2. The molecule has 0 aliphatic rings. The third-order valence-electron chi connectivity index (χ3n) is 1.55. The molecule has 0 heterocycles. The van der Waals surface area contributed by atoms with E-state index in [9.17, 15) is 9.59 Å². The van der Waals surface area contributed by atoms with Crippen LogP contribution >= 0.6 is 0 Å². The van der Waals surface area contributed by atoms with Crippen LogP contribution in [0.5, 0.6) is 0 Å². The summed E-state index contributed by atoms with van der Waals surface area (Å²) >= 11 is 0. The van der Waals surface area contributed by atoms with Gasteiger partial charge in [0.05, 0.1) is 5.60 Å². The van der Waals surface area contributed by atoms with E-state index in [4.69, 9.17) is 9.84 Å². The highest BCUT2D eigenvalue weighted by Gasteiger charge is 2.24. The molecule has 0 aromatic carbocycles. The van der Waals surface area contributed by atoms with E-state index in [2.05, 4.69) is 5.32 Å². The first-order chi connectivity index (χ1) is 6.72. The molecule has 0 saturated carbocycles. The minimum absolute atomic E-state index is 0.171. The van der Waals surface area contributed by atoms with Crippen LogP contribution in [-0.4, -0.2) is 35.2 Å². The molecule has 0 aliphatic carbocycles. The van der Waals surface area contributed by atoms with Crippen LogP contribution in [0, 0.1) is 0 Å². The second-order valence-corrected chi connectivity index (χ2v) is 4.33. The Hall–Kier alpha value is -1.10. The van der Waals surface area contributed by atoms with Gasteiger partial charge in [-0.3, -0.25) is 4.79 Å². The number of nitrogens with one attached hydrogen (secondary N) is 1. The average molecular weight is 217 g/mol. The Balaban J connectivity index is 4.06. The summed E-state index contributed by atoms with van der Waals surface area (Å²) < 4.78 is 5.33. The first-order valence-electron chi connectivity index (χ1n) is 4.87. The molecule has 2 N–H and O–H groups in total. The summed E-state index contributed by atoms with van der Waals surface area (Å²) in [6, 6.07) is 0. The fourth-order valence-electron chi connectivity index (χ4n) is 1.04. The number of ether oxygens (including phenoxy) is 1. The number of carbonyl (C=O) groups excluding carboxylic acids is 1. The maximum Gasteiger partial charge on any atom is 0.332 e. The minimum Gasteiger partial charge on any atom is -0.479 e. The van der Waals surface area contributed by atoms with Crippen molar-refractivity contribution in [2.24, 2.45) is 0 Å². The Morgan fingerprint density at radius 1 is 1.40 bits per heavy atom. The summed E-state index contributed by atoms with van der Waals surface area (Å²) in [6.45, 7) is 7.08. The number of carboxylic acid groups (broad SMARTS) is 1. The Morgan fingerprint density at radius 2 is 1.93 bits per heavy atom. The van der Waals surface area contributed by atoms with E-state index < -0.39 is 17.7 Å². The van der Waals surface area contributed by atoms with Crippen LogP contribution in [-0.2, 0) is 14.3 Å². The van der Waals surface area contributed by atoms with E-state index in [0.29, 0.717) is 6.54 Å². The highest BCUT2D eigenvalue weighted by atomic mass is 16.5. The normalized spacial score (nSPS) is 13.3. The fraction of sp³-hybridized carbons (Fsp3) is 0.800. The maximum absolute atomic E-state index is 10.8. The molecule has 15 heavy (non-hydrogen) atoms. The molecule has 0 bridgehead atoms. The van der Waals surface area contributed by atoms with Gasteiger partial charge in [-0.05, 0) is 20.8 Å². The van der Waals surface area contributed by atoms with Crippen LogP contribution in [0.3, 0.4) is 0 Å². The number of rotatable bonds is 5. The Kier molecular flexibility index (Phi) is 5.28. The van der Waals surface area contributed by atoms with Gasteiger partial charge in [0.2, 0.25) is 5.91 Å². The first kappa shape index (κ1) is 13.9. The maximum atomic E-state index is 10.8. The van der Waals surface area contributed by atoms with Gasteiger partial charge in [-0.1, -0.05) is 0 Å². The lowest BCUT2D eigenvalue weighted by Crippen LogP contribution is -2.36. The van der Waals surface area contributed by atoms with Crippen LogP contribution < -0.4 is 5.32 Å². The summed E-state index contributed by atoms with van der Waals surface area (Å²) in [6.07, 6.45) is -0.608. The quantitative estimate of drug-likeness (QED) is 0.713. The van der Waals surface area contributed by atoms with Crippen molar-refractivity contribution >= 4 is 11.9 Å². The van der Waals surface area contributed by atoms with Crippen LogP contribution in [0.25, 0.3) is 0 Å². The summed E-state index contributed by atoms with van der Waals surface area (Å²) in [5, 5.41) is 11.4. The molecular weight excluding hydrogens is 198 g/mol. The third-order valence-corrected chi connectivity index (χ3v) is 1.55. The molecule has 0 unspecified atom stereocenters. The number of amides is 1. The zero-order valence-electron chi connectivity index (χ0n) is 9.66. The SMILES string of the molecule is CC(=O)NCC[C@@H](OC(C)(C)C)C(=O)O. The molecule has 0 aromatic rings. The van der Waals surface area contributed by atoms with Crippen molar-refractivity contribution in [3.05, 3.63) is 0 Å². The van der Waals surface area contributed by atoms with Crippen LogP contribution in [0.1, 0.15) is 34.1 Å². The van der Waals surface area contributed by atoms with E-state index >= 15 is 0 Å². The molecule has 0 fully saturated rings. The highest BCUT2D eigenvalue weighted by molar-refractivity contribution is 5.74. The molecule has 0 aromatic heterocycles. The van der Waals surface area contributed by atoms with Crippen molar-refractivity contribution in [2.45, 2.75) is 45.8 Å². The Labute approximate surface area is 89.8 Å². The van der Waals surface area contributed by atoms with Crippen LogP contribution in [0.15, 0.2) is 0 Å². The minimum atomic E-state index is -1.00. The van der Waals surface area contributed by atoms with Gasteiger partial charge in [0, 0.05) is 19.9 Å². The second-order valence-electron chi connectivity index (χ2n) is 4.33. The molecule has 88 valence electrons. The van der Waals surface area contributed by atoms with Gasteiger partial charge in [0.15, 0.2) is 6.10 Å². The Morgan fingerprint density at radius 3 is 2.27 bits per heavy atom. The lowest BCUT2D eigenvalue weighted by atomic mass is 10.1. The predicted octanol–water partition coefficient (Wildman–Crippen LogP) is 0.781. The lowest BCUT2D eigenvalue weighted by Gasteiger charge is -2.24. The number of hydrogen-bond acceptors (Lipinski definition) is 3. The van der Waals surface area contributed by atoms with Crippen molar-refractivity contribution in [2.75, 3.05) is 6.54 Å². The first-order valence-corrected chi connectivity index (χ1v) is 4.87. The summed E-state index contributed by atoms with van der Waals surface area (Å²) in [4.78, 5) is 21.4. The molecule has 0 spiro atoms. The van der Waals surface area contributed by atoms with Gasteiger partial charge in [-0.15, -0.1) is 0 Å². The average Bonchev–Trinajstić information content (AvgIpc) is 1.99. The van der Waals surface area contributed by atoms with Crippen LogP contribution in [0.2, 0.25) is 0 Å². The Bertz CT molecular complexity index is 232. The smallest absolute Gasteiger partial charge is 0.332 e. The highest BCUT2D eigenvalue weighted by Crippen LogP contribution is 2.12. The molecule has 0 radical (unpaired) electrons. The van der Waals surface area contributed by atoms with E-state index in [1.807, 2.05) is 0 Å². The fourth-order valence-corrected chi connectivity index (χ4v) is 1.04. The molecule has 0 aliphatic heterocycles. The summed E-state index contributed by atoms with van der Waals surface area (Å²) in [5.41, 5.74) is -0.501. The summed E-state index contributed by atoms with van der Waals surface area (Å²) in [5.74, 6) is -1.18. The number of carboxylic acids is 1. The van der Waals surface area contributed by atoms with Gasteiger partial charge in [-0.2, -0.15) is 0 Å². The van der Waals surface area contributed by atoms with E-state index in [1.165, 1.54) is 6.92 Å². The van der Waals surface area contributed by atoms with E-state index in [1.54, 1.807) is 20.8 Å². The molecule has 1 amide bonds. The van der Waals surface area contributed by atoms with Crippen LogP contribution in [0.4, 0.5) is 0 Å². The number of aliphatic carboxylic acids is 1. The number of hydrogen-bond donors (Lipinski definition) is 2. The lowest BCUT2D eigenvalue weighted by molar-refractivity contribution is -0.160. The standard InChI is InChI=1S/C10H19NO4/c1-7(12)11-6-5-8(9(13)14)15-10(2,3)4/h8H,5-6H2,1-4H3,(H,11,12)(H,13,14)/t8-/m1/s1. The zero-order chi connectivity index (χ0) is 12.1. The molecule has 5 nitrogen and oxygen atoms in total. The van der Waals surface area contributed by atoms with Gasteiger partial charge in [-0.25, -0.2) is 4.79 Å². The van der Waals surface area contributed by atoms with Gasteiger partial charge < -0.3 is 15.2 Å². The largest absolute Gasteiger partial charge is 0.479 e. The van der Waals surface area contributed by atoms with Gasteiger partial charge in [0.25, 0.3) is 0 Å². The van der Waals surface area contributed by atoms with Gasteiger partial charge >= 0.3 is 5.97 Å². The predicted molar refractivity (Wildman–Crippen MR) is 55.6 cm³/mol. The topological polar surface area (TPSA) is 75.6 Å². The monoisotopic (exact) mass is 217 g/mol. The molecular formula is C10H19NO4. The van der Waals surface area contributed by atoms with Crippen molar-refractivity contribution in [3.63, 3.8) is 0 Å². The van der Waals surface area contributed by atoms with Gasteiger partial charge in [0.1, 0.15) is 0 Å². The molecule has 0 saturated heterocycles. The van der Waals surface area contributed by atoms with Crippen molar-refractivity contribution in [1.82, 2.24) is 5.32 Å². The molecule has 0 rings (SSSR count).